The van der Waals surface area contributed by atoms with E-state index in [1.165, 1.54) is 103 Å². The zero-order valence-electron chi connectivity index (χ0n) is 17.7. The van der Waals surface area contributed by atoms with E-state index < -0.39 is 6.69 Å². The first-order chi connectivity index (χ1) is 13.2. The van der Waals surface area contributed by atoms with Crippen LogP contribution in [0.3, 0.4) is 0 Å². The molecule has 0 aromatic heterocycles. The molecule has 27 heavy (non-hydrogen) atoms. The lowest BCUT2D eigenvalue weighted by Crippen LogP contribution is -2.35. The summed E-state index contributed by atoms with van der Waals surface area (Å²) in [6.45, 7) is 0.0472. The highest BCUT2D eigenvalue weighted by molar-refractivity contribution is 7.50. The summed E-state index contributed by atoms with van der Waals surface area (Å²) in [5.41, 5.74) is 0. The Morgan fingerprint density at radius 3 is 1.33 bits per heavy atom. The summed E-state index contributed by atoms with van der Waals surface area (Å²) >= 11 is 13.3. The highest BCUT2D eigenvalue weighted by Crippen LogP contribution is 2.24. The van der Waals surface area contributed by atoms with Gasteiger partial charge in [-0.3, -0.25) is 0 Å². The number of halogens is 2. The minimum atomic E-state index is -2.24. The predicted octanol–water partition coefficient (Wildman–Crippen LogP) is 9.07. The van der Waals surface area contributed by atoms with Crippen LogP contribution in [0.2, 0.25) is 6.04 Å². The average Bonchev–Trinajstić information content (AvgIpc) is 2.68. The fourth-order valence-corrected chi connectivity index (χ4v) is 6.94. The lowest BCUT2D eigenvalue weighted by Gasteiger charge is -2.16. The van der Waals surface area contributed by atoms with Gasteiger partial charge in [0.05, 0.1) is 0 Å². The molecule has 1 aromatic rings. The van der Waals surface area contributed by atoms with Crippen LogP contribution in [0, 0.1) is 0 Å². The molecule has 0 radical (unpaired) electrons. The third-order valence-electron chi connectivity index (χ3n) is 5.54. The van der Waals surface area contributed by atoms with Gasteiger partial charge in [0.2, 0.25) is 0 Å². The van der Waals surface area contributed by atoms with Crippen molar-refractivity contribution in [2.24, 2.45) is 0 Å². The van der Waals surface area contributed by atoms with E-state index in [0.717, 1.165) is 11.2 Å². The van der Waals surface area contributed by atoms with Crippen molar-refractivity contribution >= 4 is 34.0 Å². The molecule has 0 spiro atoms. The molecular weight excluding hydrogens is 387 g/mol. The maximum absolute atomic E-state index is 6.63. The molecule has 0 aliphatic rings. The van der Waals surface area contributed by atoms with Crippen LogP contribution in [-0.2, 0) is 0 Å². The minimum absolute atomic E-state index is 0.985. The van der Waals surface area contributed by atoms with Crippen molar-refractivity contribution < 1.29 is 0 Å². The van der Waals surface area contributed by atoms with Gasteiger partial charge in [-0.25, -0.2) is 0 Å². The van der Waals surface area contributed by atoms with Crippen LogP contribution in [-0.4, -0.2) is 6.69 Å². The molecule has 0 aliphatic carbocycles. The van der Waals surface area contributed by atoms with E-state index in [9.17, 15) is 0 Å². The zero-order valence-corrected chi connectivity index (χ0v) is 20.2. The number of hydrogen-bond donors (Lipinski definition) is 0. The lowest BCUT2D eigenvalue weighted by atomic mass is 10.0. The summed E-state index contributed by atoms with van der Waals surface area (Å²) in [6, 6.07) is 11.2. The Hall–Kier alpha value is 0.0169. The first-order valence-electron chi connectivity index (χ1n) is 11.6. The summed E-state index contributed by atoms with van der Waals surface area (Å²) < 4.78 is 0. The van der Waals surface area contributed by atoms with Crippen LogP contribution in [0.4, 0.5) is 0 Å². The summed E-state index contributed by atoms with van der Waals surface area (Å²) in [5.74, 6) is 0. The number of hydrogen-bond acceptors (Lipinski definition) is 0. The van der Waals surface area contributed by atoms with E-state index in [-0.39, 0.29) is 0 Å². The van der Waals surface area contributed by atoms with Gasteiger partial charge >= 0.3 is 0 Å². The molecule has 1 aromatic carbocycles. The Labute approximate surface area is 179 Å². The summed E-state index contributed by atoms with van der Waals surface area (Å²) in [5, 5.41) is 1.16. The Balaban J connectivity index is 1.83. The fraction of sp³-hybridized carbons (Fsp3) is 0.750. The number of rotatable bonds is 18. The van der Waals surface area contributed by atoms with Crippen molar-refractivity contribution in [3.8, 4) is 0 Å². The molecule has 0 bridgehead atoms. The topological polar surface area (TPSA) is 0 Å². The highest BCUT2D eigenvalue weighted by Gasteiger charge is 2.29. The van der Waals surface area contributed by atoms with Gasteiger partial charge in [-0.2, -0.15) is 0 Å². The molecule has 0 nitrogen and oxygen atoms in total. The van der Waals surface area contributed by atoms with E-state index in [0.29, 0.717) is 0 Å². The van der Waals surface area contributed by atoms with Crippen LogP contribution in [0.15, 0.2) is 30.3 Å². The van der Waals surface area contributed by atoms with Crippen molar-refractivity contribution in [2.45, 2.75) is 116 Å². The van der Waals surface area contributed by atoms with E-state index in [1.807, 2.05) is 18.2 Å². The molecule has 0 atom stereocenters. The van der Waals surface area contributed by atoms with Crippen LogP contribution in [0.5, 0.6) is 0 Å². The second kappa shape index (κ2) is 16.9. The van der Waals surface area contributed by atoms with Gasteiger partial charge in [-0.15, -0.1) is 22.2 Å². The standard InChI is InChI=1S/C24H42Cl2Si/c1-2-3-4-5-6-7-8-9-10-11-12-13-14-15-16-20-23-27(25,26)24-21-18-17-19-22-24/h17-19,21-22H,2-16,20,23H2,1H3. The highest BCUT2D eigenvalue weighted by atomic mass is 35.7. The SMILES string of the molecule is CCCCCCCCCCCCCCCCCC[Si](Cl)(Cl)c1ccccc1. The van der Waals surface area contributed by atoms with E-state index in [1.54, 1.807) is 0 Å². The van der Waals surface area contributed by atoms with Gasteiger partial charge in [-0.05, 0) is 11.2 Å². The minimum Gasteiger partial charge on any atom is -0.140 e. The van der Waals surface area contributed by atoms with Gasteiger partial charge in [0.15, 0.2) is 0 Å². The van der Waals surface area contributed by atoms with E-state index in [4.69, 9.17) is 22.2 Å². The third-order valence-corrected chi connectivity index (χ3v) is 10.1. The Morgan fingerprint density at radius 1 is 0.556 bits per heavy atom. The summed E-state index contributed by atoms with van der Waals surface area (Å²) in [6.07, 6.45) is 22.4. The zero-order chi connectivity index (χ0) is 19.6. The second-order valence-corrected chi connectivity index (χ2v) is 15.1. The molecule has 0 unspecified atom stereocenters. The summed E-state index contributed by atoms with van der Waals surface area (Å²) in [7, 11) is 0. The number of unbranched alkanes of at least 4 members (excludes halogenated alkanes) is 15. The van der Waals surface area contributed by atoms with Crippen LogP contribution in [0.25, 0.3) is 0 Å². The normalized spacial score (nSPS) is 11.8. The molecule has 0 saturated carbocycles. The molecular formula is C24H42Cl2Si. The van der Waals surface area contributed by atoms with Gasteiger partial charge in [-0.1, -0.05) is 140 Å². The van der Waals surface area contributed by atoms with Crippen LogP contribution in [0.1, 0.15) is 110 Å². The van der Waals surface area contributed by atoms with Crippen LogP contribution >= 0.6 is 22.2 Å². The van der Waals surface area contributed by atoms with Crippen molar-refractivity contribution in [2.75, 3.05) is 0 Å². The van der Waals surface area contributed by atoms with Crippen molar-refractivity contribution in [3.05, 3.63) is 30.3 Å². The quantitative estimate of drug-likeness (QED) is 0.124. The molecule has 0 saturated heterocycles. The molecule has 0 N–H and O–H groups in total. The van der Waals surface area contributed by atoms with Crippen LogP contribution < -0.4 is 5.19 Å². The number of benzene rings is 1. The molecule has 3 heteroatoms. The molecule has 0 fully saturated rings. The Morgan fingerprint density at radius 2 is 0.926 bits per heavy atom. The maximum atomic E-state index is 6.63. The van der Waals surface area contributed by atoms with Crippen molar-refractivity contribution in [3.63, 3.8) is 0 Å². The summed E-state index contributed by atoms with van der Waals surface area (Å²) in [4.78, 5) is 0. The first-order valence-corrected chi connectivity index (χ1v) is 15.8. The van der Waals surface area contributed by atoms with Gasteiger partial charge in [0.1, 0.15) is 0 Å². The van der Waals surface area contributed by atoms with Gasteiger partial charge in [0, 0.05) is 0 Å². The van der Waals surface area contributed by atoms with Gasteiger partial charge < -0.3 is 0 Å². The first kappa shape index (κ1) is 25.1. The van der Waals surface area contributed by atoms with Gasteiger partial charge in [0.25, 0.3) is 6.69 Å². The maximum Gasteiger partial charge on any atom is 0.280 e. The van der Waals surface area contributed by atoms with E-state index >= 15 is 0 Å². The predicted molar refractivity (Wildman–Crippen MR) is 128 cm³/mol. The third kappa shape index (κ3) is 13.8. The molecule has 0 heterocycles. The smallest absolute Gasteiger partial charge is 0.140 e. The lowest BCUT2D eigenvalue weighted by molar-refractivity contribution is 0.531. The van der Waals surface area contributed by atoms with E-state index in [2.05, 4.69) is 19.1 Å². The molecule has 0 amide bonds. The Kier molecular flexibility index (Phi) is 15.7. The molecule has 1 rings (SSSR count). The monoisotopic (exact) mass is 428 g/mol. The molecule has 156 valence electrons. The average molecular weight is 430 g/mol. The Bertz CT molecular complexity index is 433. The van der Waals surface area contributed by atoms with Crippen molar-refractivity contribution in [1.82, 2.24) is 0 Å². The van der Waals surface area contributed by atoms with Crippen molar-refractivity contribution in [1.29, 1.82) is 0 Å². The second-order valence-electron chi connectivity index (χ2n) is 8.12. The fourth-order valence-electron chi connectivity index (χ4n) is 3.72. The largest absolute Gasteiger partial charge is 0.280 e. The molecule has 0 aliphatic heterocycles.